The average molecular weight is 374 g/mol. The number of thioether (sulfide) groups is 1. The fraction of sp³-hybridized carbons (Fsp3) is 0.409. The lowest BCUT2D eigenvalue weighted by molar-refractivity contribution is -0.116. The molecule has 0 heterocycles. The van der Waals surface area contributed by atoms with E-state index in [1.807, 2.05) is 30.5 Å². The predicted octanol–water partition coefficient (Wildman–Crippen LogP) is 5.29. The molecule has 1 rings (SSSR count). The zero-order valence-corrected chi connectivity index (χ0v) is 17.2. The van der Waals surface area contributed by atoms with E-state index in [2.05, 4.69) is 38.2 Å². The third-order valence-corrected chi connectivity index (χ3v) is 4.17. The first-order chi connectivity index (χ1) is 12.5. The topological polar surface area (TPSA) is 38.3 Å². The second-order valence-electron chi connectivity index (χ2n) is 6.41. The van der Waals surface area contributed by atoms with E-state index in [0.29, 0.717) is 13.2 Å². The SMILES string of the molecule is CS/C=C/C(=O)NCCc1ccc(OC/C=C(\C)CCC=C(C)C)cc1. The van der Waals surface area contributed by atoms with Crippen molar-refractivity contribution in [1.82, 2.24) is 5.32 Å². The van der Waals surface area contributed by atoms with Gasteiger partial charge in [-0.15, -0.1) is 11.8 Å². The number of ether oxygens (including phenoxy) is 1. The van der Waals surface area contributed by atoms with Crippen molar-refractivity contribution < 1.29 is 9.53 Å². The van der Waals surface area contributed by atoms with Gasteiger partial charge in [0.2, 0.25) is 5.91 Å². The minimum atomic E-state index is -0.0500. The molecule has 1 amide bonds. The van der Waals surface area contributed by atoms with Crippen molar-refractivity contribution in [2.45, 2.75) is 40.0 Å². The van der Waals surface area contributed by atoms with Crippen LogP contribution in [0.1, 0.15) is 39.2 Å². The number of amides is 1. The van der Waals surface area contributed by atoms with Gasteiger partial charge in [0.15, 0.2) is 0 Å². The van der Waals surface area contributed by atoms with E-state index in [9.17, 15) is 4.79 Å². The largest absolute Gasteiger partial charge is 0.490 e. The lowest BCUT2D eigenvalue weighted by Gasteiger charge is -2.07. The Morgan fingerprint density at radius 2 is 1.88 bits per heavy atom. The number of nitrogens with one attached hydrogen (secondary N) is 1. The van der Waals surface area contributed by atoms with E-state index < -0.39 is 0 Å². The van der Waals surface area contributed by atoms with Crippen LogP contribution in [0.5, 0.6) is 5.75 Å². The van der Waals surface area contributed by atoms with Crippen LogP contribution in [-0.4, -0.2) is 25.3 Å². The van der Waals surface area contributed by atoms with E-state index in [1.165, 1.54) is 28.5 Å². The molecule has 4 heteroatoms. The third-order valence-electron chi connectivity index (χ3n) is 3.76. The fourth-order valence-electron chi connectivity index (χ4n) is 2.24. The first kappa shape index (κ1) is 22.1. The maximum Gasteiger partial charge on any atom is 0.244 e. The van der Waals surface area contributed by atoms with E-state index >= 15 is 0 Å². The predicted molar refractivity (Wildman–Crippen MR) is 114 cm³/mol. The van der Waals surface area contributed by atoms with Crippen LogP contribution in [0, 0.1) is 0 Å². The van der Waals surface area contributed by atoms with Gasteiger partial charge >= 0.3 is 0 Å². The van der Waals surface area contributed by atoms with Gasteiger partial charge in [0.25, 0.3) is 0 Å². The number of carbonyl (C=O) groups is 1. The van der Waals surface area contributed by atoms with Crippen LogP contribution in [0.25, 0.3) is 0 Å². The molecule has 0 spiro atoms. The van der Waals surface area contributed by atoms with Crippen LogP contribution >= 0.6 is 11.8 Å². The molecular weight excluding hydrogens is 342 g/mol. The standard InChI is InChI=1S/C22H31NO2S/c1-18(2)6-5-7-19(3)13-16-25-21-10-8-20(9-11-21)12-15-23-22(24)14-17-26-4/h6,8-11,13-14,17H,5,7,12,15-16H2,1-4H3,(H,23,24)/b17-14+,19-13+. The van der Waals surface area contributed by atoms with Gasteiger partial charge in [-0.3, -0.25) is 4.79 Å². The van der Waals surface area contributed by atoms with Crippen molar-refractivity contribution in [1.29, 1.82) is 0 Å². The van der Waals surface area contributed by atoms with Crippen LogP contribution in [0.3, 0.4) is 0 Å². The molecule has 0 aromatic heterocycles. The molecule has 0 saturated heterocycles. The number of allylic oxidation sites excluding steroid dienone is 3. The van der Waals surface area contributed by atoms with Crippen LogP contribution < -0.4 is 10.1 Å². The first-order valence-corrected chi connectivity index (χ1v) is 10.3. The third kappa shape index (κ3) is 10.8. The van der Waals surface area contributed by atoms with Gasteiger partial charge < -0.3 is 10.1 Å². The van der Waals surface area contributed by atoms with Crippen LogP contribution in [0.15, 0.2) is 59.0 Å². The summed E-state index contributed by atoms with van der Waals surface area (Å²) in [6.45, 7) is 7.63. The van der Waals surface area contributed by atoms with Gasteiger partial charge in [-0.05, 0) is 75.5 Å². The minimum absolute atomic E-state index is 0.0500. The molecule has 0 bridgehead atoms. The Bertz CT molecular complexity index is 626. The number of rotatable bonds is 11. The Hall–Kier alpha value is -1.94. The molecule has 26 heavy (non-hydrogen) atoms. The van der Waals surface area contributed by atoms with Crippen molar-refractivity contribution in [2.24, 2.45) is 0 Å². The number of carbonyl (C=O) groups excluding carboxylic acids is 1. The van der Waals surface area contributed by atoms with Crippen LogP contribution in [-0.2, 0) is 11.2 Å². The molecule has 0 atom stereocenters. The number of benzene rings is 1. The quantitative estimate of drug-likeness (QED) is 0.423. The van der Waals surface area contributed by atoms with E-state index in [4.69, 9.17) is 4.74 Å². The van der Waals surface area contributed by atoms with Gasteiger partial charge in [0, 0.05) is 12.6 Å². The highest BCUT2D eigenvalue weighted by Gasteiger charge is 1.98. The number of hydrogen-bond donors (Lipinski definition) is 1. The lowest BCUT2D eigenvalue weighted by atomic mass is 10.1. The van der Waals surface area contributed by atoms with Crippen molar-refractivity contribution in [3.8, 4) is 5.75 Å². The summed E-state index contributed by atoms with van der Waals surface area (Å²) in [5.74, 6) is 0.820. The highest BCUT2D eigenvalue weighted by Crippen LogP contribution is 2.13. The Morgan fingerprint density at radius 3 is 2.54 bits per heavy atom. The van der Waals surface area contributed by atoms with Gasteiger partial charge in [-0.2, -0.15) is 0 Å². The molecular formula is C22H31NO2S. The van der Waals surface area contributed by atoms with Crippen molar-refractivity contribution in [3.63, 3.8) is 0 Å². The van der Waals surface area contributed by atoms with Gasteiger partial charge in [-0.25, -0.2) is 0 Å². The highest BCUT2D eigenvalue weighted by atomic mass is 32.2. The van der Waals surface area contributed by atoms with Crippen LogP contribution in [0.4, 0.5) is 0 Å². The summed E-state index contributed by atoms with van der Waals surface area (Å²) in [5, 5.41) is 4.65. The molecule has 1 aromatic rings. The monoisotopic (exact) mass is 373 g/mol. The molecule has 0 aliphatic heterocycles. The van der Waals surface area contributed by atoms with Crippen LogP contribution in [0.2, 0.25) is 0 Å². The maximum absolute atomic E-state index is 11.5. The minimum Gasteiger partial charge on any atom is -0.490 e. The Kier molecular flexibility index (Phi) is 11.3. The van der Waals surface area contributed by atoms with E-state index in [1.54, 1.807) is 11.5 Å². The van der Waals surface area contributed by atoms with Crippen molar-refractivity contribution in [3.05, 3.63) is 64.6 Å². The smallest absolute Gasteiger partial charge is 0.244 e. The van der Waals surface area contributed by atoms with E-state index in [-0.39, 0.29) is 5.91 Å². The summed E-state index contributed by atoms with van der Waals surface area (Å²) < 4.78 is 5.77. The molecule has 1 N–H and O–H groups in total. The zero-order valence-electron chi connectivity index (χ0n) is 16.4. The summed E-state index contributed by atoms with van der Waals surface area (Å²) in [7, 11) is 0. The summed E-state index contributed by atoms with van der Waals surface area (Å²) in [5.41, 5.74) is 3.90. The fourth-order valence-corrected chi connectivity index (χ4v) is 2.50. The van der Waals surface area contributed by atoms with Gasteiger partial charge in [-0.1, -0.05) is 29.4 Å². The molecule has 1 aromatic carbocycles. The molecule has 0 aliphatic rings. The summed E-state index contributed by atoms with van der Waals surface area (Å²) in [6.07, 6.45) is 10.9. The Labute approximate surface area is 162 Å². The zero-order chi connectivity index (χ0) is 19.2. The number of hydrogen-bond acceptors (Lipinski definition) is 3. The van der Waals surface area contributed by atoms with Crippen molar-refractivity contribution in [2.75, 3.05) is 19.4 Å². The summed E-state index contributed by atoms with van der Waals surface area (Å²) in [4.78, 5) is 11.5. The summed E-state index contributed by atoms with van der Waals surface area (Å²) >= 11 is 1.51. The van der Waals surface area contributed by atoms with E-state index in [0.717, 1.165) is 25.0 Å². The second-order valence-corrected chi connectivity index (χ2v) is 7.15. The Balaban J connectivity index is 2.30. The molecule has 3 nitrogen and oxygen atoms in total. The molecule has 0 unspecified atom stereocenters. The van der Waals surface area contributed by atoms with Gasteiger partial charge in [0.05, 0.1) is 0 Å². The second kappa shape index (κ2) is 13.3. The maximum atomic E-state index is 11.5. The molecule has 0 radical (unpaired) electrons. The molecule has 0 fully saturated rings. The molecule has 0 aliphatic carbocycles. The summed E-state index contributed by atoms with van der Waals surface area (Å²) in [6, 6.07) is 8.06. The normalized spacial score (nSPS) is 11.5. The average Bonchev–Trinajstić information content (AvgIpc) is 2.61. The molecule has 142 valence electrons. The van der Waals surface area contributed by atoms with Gasteiger partial charge in [0.1, 0.15) is 12.4 Å². The van der Waals surface area contributed by atoms with Crippen molar-refractivity contribution >= 4 is 17.7 Å². The first-order valence-electron chi connectivity index (χ1n) is 8.99. The lowest BCUT2D eigenvalue weighted by Crippen LogP contribution is -2.23. The highest BCUT2D eigenvalue weighted by molar-refractivity contribution is 8.01. The Morgan fingerprint density at radius 1 is 1.15 bits per heavy atom. The molecule has 0 saturated carbocycles.